The molecular weight excluding hydrogens is 354 g/mol. The molecule has 148 valence electrons. The summed E-state index contributed by atoms with van der Waals surface area (Å²) in [6.45, 7) is 5.18. The van der Waals surface area contributed by atoms with Crippen LogP contribution in [0.3, 0.4) is 0 Å². The van der Waals surface area contributed by atoms with Crippen LogP contribution in [0.25, 0.3) is 0 Å². The summed E-state index contributed by atoms with van der Waals surface area (Å²) in [6.07, 6.45) is 2.75. The van der Waals surface area contributed by atoms with Gasteiger partial charge in [0.25, 0.3) is 5.91 Å². The van der Waals surface area contributed by atoms with Gasteiger partial charge in [-0.25, -0.2) is 4.98 Å². The fourth-order valence-electron chi connectivity index (χ4n) is 3.29. The zero-order valence-corrected chi connectivity index (χ0v) is 16.4. The number of nitrogens with one attached hydrogen (secondary N) is 1. The lowest BCUT2D eigenvalue weighted by Gasteiger charge is -2.33. The number of piperidine rings is 1. The molecule has 0 spiro atoms. The van der Waals surface area contributed by atoms with Crippen molar-refractivity contribution in [1.82, 2.24) is 9.88 Å². The molecule has 0 aliphatic carbocycles. The molecule has 0 bridgehead atoms. The van der Waals surface area contributed by atoms with Crippen molar-refractivity contribution in [1.29, 1.82) is 0 Å². The SMILES string of the molecule is Cc1ccc(NC(=O)C2CCCN(C(=O)C(C)OCc3ccccc3)C2)nc1. The van der Waals surface area contributed by atoms with Crippen LogP contribution in [0, 0.1) is 12.8 Å². The second-order valence-electron chi connectivity index (χ2n) is 7.27. The molecule has 1 aromatic heterocycles. The normalized spacial score (nSPS) is 17.8. The van der Waals surface area contributed by atoms with Crippen LogP contribution in [0.15, 0.2) is 48.7 Å². The molecule has 1 saturated heterocycles. The van der Waals surface area contributed by atoms with Crippen molar-refractivity contribution < 1.29 is 14.3 Å². The van der Waals surface area contributed by atoms with Gasteiger partial charge in [-0.1, -0.05) is 36.4 Å². The number of ether oxygens (including phenoxy) is 1. The summed E-state index contributed by atoms with van der Waals surface area (Å²) in [5.41, 5.74) is 2.07. The number of aryl methyl sites for hydroxylation is 1. The lowest BCUT2D eigenvalue weighted by atomic mass is 9.96. The molecule has 3 rings (SSSR count). The first-order chi connectivity index (χ1) is 13.5. The lowest BCUT2D eigenvalue weighted by molar-refractivity contribution is -0.146. The monoisotopic (exact) mass is 381 g/mol. The van der Waals surface area contributed by atoms with Gasteiger partial charge in [0.05, 0.1) is 12.5 Å². The van der Waals surface area contributed by atoms with E-state index in [0.29, 0.717) is 25.5 Å². The average molecular weight is 381 g/mol. The van der Waals surface area contributed by atoms with Crippen molar-refractivity contribution in [2.75, 3.05) is 18.4 Å². The molecule has 0 saturated carbocycles. The zero-order valence-electron chi connectivity index (χ0n) is 16.4. The van der Waals surface area contributed by atoms with Gasteiger partial charge in [-0.05, 0) is 43.9 Å². The van der Waals surface area contributed by atoms with Gasteiger partial charge in [-0.2, -0.15) is 0 Å². The predicted molar refractivity (Wildman–Crippen MR) is 108 cm³/mol. The summed E-state index contributed by atoms with van der Waals surface area (Å²) >= 11 is 0. The van der Waals surface area contributed by atoms with Crippen LogP contribution in [0.5, 0.6) is 0 Å². The molecule has 2 aromatic rings. The first-order valence-corrected chi connectivity index (χ1v) is 9.71. The molecule has 28 heavy (non-hydrogen) atoms. The molecule has 6 heteroatoms. The number of hydrogen-bond acceptors (Lipinski definition) is 4. The Morgan fingerprint density at radius 3 is 2.75 bits per heavy atom. The maximum absolute atomic E-state index is 12.7. The number of aromatic nitrogens is 1. The van der Waals surface area contributed by atoms with Gasteiger partial charge in [-0.15, -0.1) is 0 Å². The van der Waals surface area contributed by atoms with Crippen molar-refractivity contribution in [3.8, 4) is 0 Å². The largest absolute Gasteiger partial charge is 0.364 e. The Hall–Kier alpha value is -2.73. The number of likely N-dealkylation sites (tertiary alicyclic amines) is 1. The van der Waals surface area contributed by atoms with E-state index in [1.165, 1.54) is 0 Å². The third-order valence-electron chi connectivity index (χ3n) is 4.96. The Morgan fingerprint density at radius 2 is 2.04 bits per heavy atom. The van der Waals surface area contributed by atoms with E-state index < -0.39 is 6.10 Å². The highest BCUT2D eigenvalue weighted by molar-refractivity contribution is 5.92. The van der Waals surface area contributed by atoms with Crippen molar-refractivity contribution in [3.05, 3.63) is 59.8 Å². The second-order valence-corrected chi connectivity index (χ2v) is 7.27. The number of anilines is 1. The fourth-order valence-corrected chi connectivity index (χ4v) is 3.29. The number of pyridine rings is 1. The average Bonchev–Trinajstić information content (AvgIpc) is 2.74. The van der Waals surface area contributed by atoms with Crippen LogP contribution in [0.4, 0.5) is 5.82 Å². The maximum Gasteiger partial charge on any atom is 0.251 e. The Balaban J connectivity index is 1.52. The summed E-state index contributed by atoms with van der Waals surface area (Å²) < 4.78 is 5.74. The van der Waals surface area contributed by atoms with Gasteiger partial charge in [0, 0.05) is 19.3 Å². The Bertz CT molecular complexity index is 792. The molecule has 1 N–H and O–H groups in total. The minimum absolute atomic E-state index is 0.0677. The molecule has 1 aliphatic rings. The molecule has 2 atom stereocenters. The Labute approximate surface area is 165 Å². The summed E-state index contributed by atoms with van der Waals surface area (Å²) in [5.74, 6) is 0.148. The fraction of sp³-hybridized carbons (Fsp3) is 0.409. The first kappa shape index (κ1) is 20.0. The zero-order chi connectivity index (χ0) is 19.9. The van der Waals surface area contributed by atoms with E-state index >= 15 is 0 Å². The quantitative estimate of drug-likeness (QED) is 0.834. The van der Waals surface area contributed by atoms with E-state index in [4.69, 9.17) is 4.74 Å². The van der Waals surface area contributed by atoms with E-state index in [-0.39, 0.29) is 17.7 Å². The van der Waals surface area contributed by atoms with Crippen LogP contribution < -0.4 is 5.32 Å². The molecule has 2 heterocycles. The van der Waals surface area contributed by atoms with Gasteiger partial charge >= 0.3 is 0 Å². The molecule has 1 aromatic carbocycles. The van der Waals surface area contributed by atoms with Gasteiger partial charge in [-0.3, -0.25) is 9.59 Å². The van der Waals surface area contributed by atoms with Crippen molar-refractivity contribution >= 4 is 17.6 Å². The molecule has 1 aliphatic heterocycles. The number of hydrogen-bond donors (Lipinski definition) is 1. The number of carbonyl (C=O) groups is 2. The highest BCUT2D eigenvalue weighted by Crippen LogP contribution is 2.20. The molecular formula is C22H27N3O3. The minimum atomic E-state index is -0.541. The summed E-state index contributed by atoms with van der Waals surface area (Å²) in [5, 5.41) is 2.85. The minimum Gasteiger partial charge on any atom is -0.364 e. The molecule has 0 radical (unpaired) electrons. The van der Waals surface area contributed by atoms with Crippen LogP contribution in [0.1, 0.15) is 30.9 Å². The highest BCUT2D eigenvalue weighted by atomic mass is 16.5. The van der Waals surface area contributed by atoms with Crippen molar-refractivity contribution in [2.45, 2.75) is 39.4 Å². The third-order valence-corrected chi connectivity index (χ3v) is 4.96. The third kappa shape index (κ3) is 5.39. The van der Waals surface area contributed by atoms with Crippen molar-refractivity contribution in [2.24, 2.45) is 5.92 Å². The summed E-state index contributed by atoms with van der Waals surface area (Å²) in [6, 6.07) is 13.5. The Kier molecular flexibility index (Phi) is 6.76. The topological polar surface area (TPSA) is 71.5 Å². The number of rotatable bonds is 6. The van der Waals surface area contributed by atoms with Crippen molar-refractivity contribution in [3.63, 3.8) is 0 Å². The summed E-state index contributed by atoms with van der Waals surface area (Å²) in [4.78, 5) is 31.3. The first-order valence-electron chi connectivity index (χ1n) is 9.71. The van der Waals surface area contributed by atoms with Gasteiger partial charge in [0.2, 0.25) is 5.91 Å². The molecule has 6 nitrogen and oxygen atoms in total. The van der Waals surface area contributed by atoms with E-state index in [1.807, 2.05) is 43.3 Å². The van der Waals surface area contributed by atoms with Gasteiger partial charge < -0.3 is 15.0 Å². The van der Waals surface area contributed by atoms with E-state index in [0.717, 1.165) is 24.0 Å². The highest BCUT2D eigenvalue weighted by Gasteiger charge is 2.30. The van der Waals surface area contributed by atoms with Crippen LogP contribution in [-0.4, -0.2) is 40.9 Å². The van der Waals surface area contributed by atoms with Crippen LogP contribution in [-0.2, 0) is 20.9 Å². The predicted octanol–water partition coefficient (Wildman–Crippen LogP) is 3.17. The van der Waals surface area contributed by atoms with Gasteiger partial charge in [0.15, 0.2) is 0 Å². The Morgan fingerprint density at radius 1 is 1.25 bits per heavy atom. The number of amides is 2. The molecule has 2 unspecified atom stereocenters. The second kappa shape index (κ2) is 9.46. The van der Waals surface area contributed by atoms with E-state index in [2.05, 4.69) is 10.3 Å². The number of carbonyl (C=O) groups excluding carboxylic acids is 2. The number of nitrogens with zero attached hydrogens (tertiary/aromatic N) is 2. The standard InChI is InChI=1S/C22H27N3O3/c1-16-10-11-20(23-13-16)24-21(26)19-9-6-12-25(14-19)22(27)17(2)28-15-18-7-4-3-5-8-18/h3-5,7-8,10-11,13,17,19H,6,9,12,14-15H2,1-2H3,(H,23,24,26). The van der Waals surface area contributed by atoms with E-state index in [1.54, 1.807) is 24.1 Å². The van der Waals surface area contributed by atoms with Gasteiger partial charge in [0.1, 0.15) is 11.9 Å². The molecule has 2 amide bonds. The summed E-state index contributed by atoms with van der Waals surface area (Å²) in [7, 11) is 0. The van der Waals surface area contributed by atoms with Crippen LogP contribution >= 0.6 is 0 Å². The van der Waals surface area contributed by atoms with Crippen LogP contribution in [0.2, 0.25) is 0 Å². The smallest absolute Gasteiger partial charge is 0.251 e. The maximum atomic E-state index is 12.7. The molecule has 1 fully saturated rings. The van der Waals surface area contributed by atoms with E-state index in [9.17, 15) is 9.59 Å². The lowest BCUT2D eigenvalue weighted by Crippen LogP contribution is -2.47. The number of benzene rings is 1.